The second kappa shape index (κ2) is 13.7. The van der Waals surface area contributed by atoms with E-state index < -0.39 is 54.3 Å². The van der Waals surface area contributed by atoms with Gasteiger partial charge in [0, 0.05) is 13.8 Å². The van der Waals surface area contributed by atoms with Crippen molar-refractivity contribution in [3.63, 3.8) is 0 Å². The lowest BCUT2D eigenvalue weighted by Gasteiger charge is -2.42. The van der Waals surface area contributed by atoms with Crippen molar-refractivity contribution in [2.24, 2.45) is 0 Å². The van der Waals surface area contributed by atoms with Gasteiger partial charge in [-0.05, 0) is 47.0 Å². The number of esters is 2. The first-order valence-electron chi connectivity index (χ1n) is 11.4. The Morgan fingerprint density at radius 3 is 2.29 bits per heavy atom. The normalized spacial score (nSPS) is 27.8. The fourth-order valence-corrected chi connectivity index (χ4v) is 3.47. The second-order valence-electron chi connectivity index (χ2n) is 9.17. The summed E-state index contributed by atoms with van der Waals surface area (Å²) in [6.07, 6.45) is -0.000546. The number of carbonyl (C=O) groups excluding carboxylic acids is 2. The van der Waals surface area contributed by atoms with E-state index in [9.17, 15) is 24.9 Å². The topological polar surface area (TPSA) is 132 Å². The molecule has 34 heavy (non-hydrogen) atoms. The molecule has 0 spiro atoms. The zero-order chi connectivity index (χ0) is 26.1. The summed E-state index contributed by atoms with van der Waals surface area (Å²) in [7, 11) is 0. The van der Waals surface area contributed by atoms with Gasteiger partial charge in [-0.2, -0.15) is 0 Å². The van der Waals surface area contributed by atoms with Crippen LogP contribution in [0.1, 0.15) is 60.8 Å². The molecule has 3 N–H and O–H groups in total. The van der Waals surface area contributed by atoms with Gasteiger partial charge in [0.05, 0.1) is 11.7 Å². The van der Waals surface area contributed by atoms with Gasteiger partial charge in [0.1, 0.15) is 24.9 Å². The minimum atomic E-state index is -1.51. The maximum Gasteiger partial charge on any atom is 0.303 e. The van der Waals surface area contributed by atoms with Gasteiger partial charge >= 0.3 is 11.9 Å². The molecule has 9 nitrogen and oxygen atoms in total. The Morgan fingerprint density at radius 1 is 1.12 bits per heavy atom. The summed E-state index contributed by atoms with van der Waals surface area (Å²) in [5, 5.41) is 31.1. The average molecular weight is 485 g/mol. The first-order chi connectivity index (χ1) is 15.8. The monoisotopic (exact) mass is 484 g/mol. The van der Waals surface area contributed by atoms with Gasteiger partial charge in [0.2, 0.25) is 0 Å². The number of hydrogen-bond acceptors (Lipinski definition) is 9. The molecule has 0 saturated carbocycles. The van der Waals surface area contributed by atoms with Crippen molar-refractivity contribution in [1.82, 2.24) is 0 Å². The quantitative estimate of drug-likeness (QED) is 0.282. The minimum Gasteiger partial charge on any atom is -0.463 e. The average Bonchev–Trinajstić information content (AvgIpc) is 2.71. The largest absolute Gasteiger partial charge is 0.463 e. The van der Waals surface area contributed by atoms with Crippen LogP contribution in [-0.2, 0) is 28.5 Å². The summed E-state index contributed by atoms with van der Waals surface area (Å²) in [4.78, 5) is 22.8. The molecule has 0 amide bonds. The van der Waals surface area contributed by atoms with E-state index in [1.807, 2.05) is 32.9 Å². The van der Waals surface area contributed by atoms with Crippen molar-refractivity contribution in [2.45, 2.75) is 103 Å². The number of aliphatic hydroxyl groups excluding tert-OH is 2. The van der Waals surface area contributed by atoms with Crippen LogP contribution in [-0.4, -0.2) is 76.3 Å². The van der Waals surface area contributed by atoms with Crippen LogP contribution in [0.2, 0.25) is 0 Å². The molecule has 7 unspecified atom stereocenters. The van der Waals surface area contributed by atoms with E-state index in [0.29, 0.717) is 19.3 Å². The molecule has 1 rings (SSSR count). The lowest BCUT2D eigenvalue weighted by atomic mass is 9.98. The maximum atomic E-state index is 11.6. The Kier molecular flexibility index (Phi) is 12.1. The number of ether oxygens (including phenoxy) is 4. The van der Waals surface area contributed by atoms with Gasteiger partial charge in [-0.3, -0.25) is 9.59 Å². The fourth-order valence-electron chi connectivity index (χ4n) is 3.47. The molecule has 0 aromatic rings. The summed E-state index contributed by atoms with van der Waals surface area (Å²) in [5.41, 5.74) is 1.02. The highest BCUT2D eigenvalue weighted by atomic mass is 16.7. The van der Waals surface area contributed by atoms with E-state index in [2.05, 4.69) is 6.58 Å². The molecule has 7 atom stereocenters. The van der Waals surface area contributed by atoms with Crippen LogP contribution in [0.5, 0.6) is 0 Å². The zero-order valence-corrected chi connectivity index (χ0v) is 21.0. The van der Waals surface area contributed by atoms with Crippen LogP contribution < -0.4 is 0 Å². The van der Waals surface area contributed by atoms with Gasteiger partial charge in [-0.25, -0.2) is 0 Å². The van der Waals surface area contributed by atoms with Gasteiger partial charge in [0.15, 0.2) is 12.4 Å². The summed E-state index contributed by atoms with van der Waals surface area (Å²) < 4.78 is 22.0. The summed E-state index contributed by atoms with van der Waals surface area (Å²) >= 11 is 0. The van der Waals surface area contributed by atoms with Crippen LogP contribution in [0.4, 0.5) is 0 Å². The predicted molar refractivity (Wildman–Crippen MR) is 126 cm³/mol. The molecule has 1 aliphatic heterocycles. The van der Waals surface area contributed by atoms with Crippen LogP contribution >= 0.6 is 0 Å². The molecule has 9 heteroatoms. The maximum absolute atomic E-state index is 11.6. The van der Waals surface area contributed by atoms with Gasteiger partial charge in [-0.1, -0.05) is 29.4 Å². The van der Waals surface area contributed by atoms with Crippen molar-refractivity contribution in [3.8, 4) is 0 Å². The Balaban J connectivity index is 3.05. The molecule has 1 fully saturated rings. The van der Waals surface area contributed by atoms with Crippen molar-refractivity contribution < 1.29 is 43.9 Å². The van der Waals surface area contributed by atoms with Crippen LogP contribution in [0.3, 0.4) is 0 Å². The number of hydrogen-bond donors (Lipinski definition) is 3. The Hall–Kier alpha value is -2.04. The van der Waals surface area contributed by atoms with Crippen molar-refractivity contribution in [2.75, 3.05) is 6.61 Å². The molecule has 194 valence electrons. The standard InChI is InChI=1S/C25H40O9/c1-8-25(7,30)11-9-10-16(4)13-19(12-15(2)3)33-24-23(32-18(6)27)22(29)21(28)20(34-24)14-31-17(5)26/h8,10,12,19-24,28-30H,1,9,11,13-14H2,2-7H3. The molecule has 0 radical (unpaired) electrons. The third-order valence-corrected chi connectivity index (χ3v) is 5.33. The molecule has 0 aromatic carbocycles. The molecule has 0 bridgehead atoms. The SMILES string of the molecule is C=CC(C)(O)CCC=C(C)CC(C=C(C)C)OC1OC(COC(C)=O)C(O)C(O)C1OC(C)=O. The summed E-state index contributed by atoms with van der Waals surface area (Å²) in [6, 6.07) is 0. The second-order valence-corrected chi connectivity index (χ2v) is 9.17. The highest BCUT2D eigenvalue weighted by Gasteiger charge is 2.48. The van der Waals surface area contributed by atoms with E-state index in [0.717, 1.165) is 11.1 Å². The highest BCUT2D eigenvalue weighted by molar-refractivity contribution is 5.66. The highest BCUT2D eigenvalue weighted by Crippen LogP contribution is 2.28. The first kappa shape index (κ1) is 30.0. The number of rotatable bonds is 12. The van der Waals surface area contributed by atoms with E-state index in [1.54, 1.807) is 6.92 Å². The van der Waals surface area contributed by atoms with Gasteiger partial charge in [-0.15, -0.1) is 6.58 Å². The fraction of sp³-hybridized carbons (Fsp3) is 0.680. The molecule has 0 aromatic heterocycles. The van der Waals surface area contributed by atoms with Crippen LogP contribution in [0.15, 0.2) is 36.0 Å². The predicted octanol–water partition coefficient (Wildman–Crippen LogP) is 2.33. The molecular formula is C25H40O9. The Bertz CT molecular complexity index is 749. The molecule has 0 aliphatic carbocycles. The van der Waals surface area contributed by atoms with E-state index in [1.165, 1.54) is 19.9 Å². The minimum absolute atomic E-state index is 0.296. The van der Waals surface area contributed by atoms with Crippen LogP contribution in [0.25, 0.3) is 0 Å². The third-order valence-electron chi connectivity index (χ3n) is 5.33. The number of aliphatic hydroxyl groups is 3. The van der Waals surface area contributed by atoms with Crippen LogP contribution in [0, 0.1) is 0 Å². The summed E-state index contributed by atoms with van der Waals surface area (Å²) in [5.74, 6) is -1.24. The molecule has 1 saturated heterocycles. The first-order valence-corrected chi connectivity index (χ1v) is 11.4. The molecule has 1 aliphatic rings. The Morgan fingerprint density at radius 2 is 1.76 bits per heavy atom. The summed E-state index contributed by atoms with van der Waals surface area (Å²) in [6.45, 7) is 13.2. The van der Waals surface area contributed by atoms with E-state index >= 15 is 0 Å². The smallest absolute Gasteiger partial charge is 0.303 e. The number of allylic oxidation sites excluding steroid dienone is 2. The zero-order valence-electron chi connectivity index (χ0n) is 21.0. The Labute approximate surface area is 202 Å². The molecular weight excluding hydrogens is 444 g/mol. The number of carbonyl (C=O) groups is 2. The van der Waals surface area contributed by atoms with E-state index in [4.69, 9.17) is 18.9 Å². The lowest BCUT2D eigenvalue weighted by molar-refractivity contribution is -0.310. The third kappa shape index (κ3) is 10.5. The lowest BCUT2D eigenvalue weighted by Crippen LogP contribution is -2.61. The van der Waals surface area contributed by atoms with Crippen molar-refractivity contribution in [1.29, 1.82) is 0 Å². The van der Waals surface area contributed by atoms with Crippen molar-refractivity contribution >= 4 is 11.9 Å². The van der Waals surface area contributed by atoms with Gasteiger partial charge < -0.3 is 34.3 Å². The van der Waals surface area contributed by atoms with E-state index in [-0.39, 0.29) is 6.61 Å². The van der Waals surface area contributed by atoms with Crippen molar-refractivity contribution in [3.05, 3.63) is 36.0 Å². The molecule has 1 heterocycles. The van der Waals surface area contributed by atoms with Gasteiger partial charge in [0.25, 0.3) is 0 Å².